The van der Waals surface area contributed by atoms with E-state index in [9.17, 15) is 40.5 Å². The minimum absolute atomic E-state index is 0. The Bertz CT molecular complexity index is 1280. The number of nitro benzene ring substituents is 4. The van der Waals surface area contributed by atoms with Crippen LogP contribution >= 0.6 is 0 Å². The summed E-state index contributed by atoms with van der Waals surface area (Å²) in [6.45, 7) is 5.94. The molecule has 0 N–H and O–H groups in total. The summed E-state index contributed by atoms with van der Waals surface area (Å²) in [6, 6.07) is 8.34. The molecule has 0 aliphatic carbocycles. The Morgan fingerprint density at radius 1 is 0.667 bits per heavy atom. The largest absolute Gasteiger partial charge is 1.00 e. The lowest BCUT2D eigenvalue weighted by Gasteiger charge is -2.19. The number of nitro groups is 4. The first-order valence-corrected chi connectivity index (χ1v) is 10.2. The van der Waals surface area contributed by atoms with Gasteiger partial charge in [0, 0.05) is 24.3 Å². The van der Waals surface area contributed by atoms with E-state index in [0.29, 0.717) is 0 Å². The topological polar surface area (TPSA) is 176 Å². The highest BCUT2D eigenvalue weighted by atomic mass is 127. The molecular formula is C22H20IN5O8. The zero-order chi connectivity index (χ0) is 26.1. The minimum Gasteiger partial charge on any atom is -1.00 e. The molecule has 0 unspecified atom stereocenters. The zero-order valence-corrected chi connectivity index (χ0v) is 21.4. The van der Waals surface area contributed by atoms with E-state index in [1.165, 1.54) is 4.57 Å². The van der Waals surface area contributed by atoms with E-state index < -0.39 is 48.5 Å². The molecule has 3 rings (SSSR count). The fourth-order valence-electron chi connectivity index (χ4n) is 3.67. The van der Waals surface area contributed by atoms with Crippen LogP contribution in [0.25, 0.3) is 0 Å². The molecule has 1 aromatic heterocycles. The number of halogens is 1. The van der Waals surface area contributed by atoms with E-state index in [1.54, 1.807) is 24.5 Å². The average Bonchev–Trinajstić information content (AvgIpc) is 2.78. The monoisotopic (exact) mass is 609 g/mol. The summed E-state index contributed by atoms with van der Waals surface area (Å²) in [4.78, 5) is 42.9. The van der Waals surface area contributed by atoms with Crippen molar-refractivity contribution >= 4 is 22.7 Å². The minimum atomic E-state index is -1.19. The Morgan fingerprint density at radius 2 is 1.06 bits per heavy atom. The molecule has 0 spiro atoms. The fourth-order valence-corrected chi connectivity index (χ4v) is 3.67. The molecular weight excluding hydrogens is 589 g/mol. The number of hydrogen-bond donors (Lipinski definition) is 0. The van der Waals surface area contributed by atoms with Crippen LogP contribution < -0.4 is 28.5 Å². The summed E-state index contributed by atoms with van der Waals surface area (Å²) in [6.07, 6.45) is 3.17. The maximum Gasteiger partial charge on any atom is 0.286 e. The van der Waals surface area contributed by atoms with Gasteiger partial charge in [-0.1, -0.05) is 20.8 Å². The molecule has 36 heavy (non-hydrogen) atoms. The molecule has 0 bridgehead atoms. The number of nitrogens with zero attached hydrogens (tertiary/aromatic N) is 5. The second-order valence-electron chi connectivity index (χ2n) is 8.70. The second kappa shape index (κ2) is 10.7. The van der Waals surface area contributed by atoms with Crippen LogP contribution in [-0.2, 0) is 5.41 Å². The van der Waals surface area contributed by atoms with Gasteiger partial charge in [0.15, 0.2) is 12.4 Å². The molecule has 1 heterocycles. The number of non-ortho nitro benzene ring substituents is 2. The first-order valence-electron chi connectivity index (χ1n) is 10.2. The maximum atomic E-state index is 11.9. The quantitative estimate of drug-likeness (QED) is 0.168. The molecule has 0 aliphatic rings. The molecule has 3 aromatic rings. The Kier molecular flexibility index (Phi) is 8.35. The van der Waals surface area contributed by atoms with Crippen LogP contribution in [0.3, 0.4) is 0 Å². The van der Waals surface area contributed by atoms with Crippen molar-refractivity contribution in [3.05, 3.63) is 118 Å². The molecule has 0 atom stereocenters. The summed E-state index contributed by atoms with van der Waals surface area (Å²) in [7, 11) is 0. The lowest BCUT2D eigenvalue weighted by Crippen LogP contribution is -3.00. The van der Waals surface area contributed by atoms with E-state index in [2.05, 4.69) is 0 Å². The lowest BCUT2D eigenvalue weighted by molar-refractivity contribution is -0.705. The van der Waals surface area contributed by atoms with E-state index in [-0.39, 0.29) is 40.5 Å². The zero-order valence-electron chi connectivity index (χ0n) is 19.2. The number of hydrogen-bond acceptors (Lipinski definition) is 8. The predicted octanol–water partition coefficient (Wildman–Crippen LogP) is 1.55. The van der Waals surface area contributed by atoms with Gasteiger partial charge in [0.05, 0.1) is 31.8 Å². The molecule has 188 valence electrons. The van der Waals surface area contributed by atoms with Gasteiger partial charge in [-0.25, -0.2) is 0 Å². The van der Waals surface area contributed by atoms with Crippen molar-refractivity contribution in [2.24, 2.45) is 0 Å². The van der Waals surface area contributed by atoms with Crippen LogP contribution in [0.15, 0.2) is 60.9 Å². The van der Waals surface area contributed by atoms with Crippen LogP contribution in [0.2, 0.25) is 0 Å². The lowest BCUT2D eigenvalue weighted by atomic mass is 9.87. The third-order valence-corrected chi connectivity index (χ3v) is 5.45. The van der Waals surface area contributed by atoms with Gasteiger partial charge in [0.1, 0.15) is 11.1 Å². The smallest absolute Gasteiger partial charge is 0.286 e. The molecule has 0 saturated heterocycles. The third kappa shape index (κ3) is 5.76. The van der Waals surface area contributed by atoms with Gasteiger partial charge < -0.3 is 24.0 Å². The Balaban J connectivity index is 0.00000456. The van der Waals surface area contributed by atoms with Crippen LogP contribution in [0, 0.1) is 40.5 Å². The first-order chi connectivity index (χ1) is 16.3. The van der Waals surface area contributed by atoms with E-state index in [1.807, 2.05) is 20.8 Å². The van der Waals surface area contributed by atoms with Crippen molar-refractivity contribution in [1.82, 2.24) is 0 Å². The Hall–Kier alpha value is -4.08. The molecule has 0 saturated carbocycles. The summed E-state index contributed by atoms with van der Waals surface area (Å²) < 4.78 is 1.48. The van der Waals surface area contributed by atoms with Crippen molar-refractivity contribution < 1.29 is 48.2 Å². The average molecular weight is 609 g/mol. The van der Waals surface area contributed by atoms with E-state index in [4.69, 9.17) is 0 Å². The van der Waals surface area contributed by atoms with E-state index >= 15 is 0 Å². The summed E-state index contributed by atoms with van der Waals surface area (Å²) >= 11 is 0. The van der Waals surface area contributed by atoms with Gasteiger partial charge in [-0.15, -0.1) is 0 Å². The van der Waals surface area contributed by atoms with E-state index in [0.717, 1.165) is 42.0 Å². The fraction of sp³-hybridized carbons (Fsp3) is 0.227. The molecule has 0 fully saturated rings. The standard InChI is InChI=1S/C22H20N5O8.HI/c1-22(2,3)14-8-10-23(11-9-14)21(17-6-4-15(24(28)29)12-19(17)26(32)33)18-7-5-16(25(30)31)13-20(18)27(34)35;/h4-13,21H,1-3H3;1H/q+1;/p-1. The Labute approximate surface area is 221 Å². The van der Waals surface area contributed by atoms with Gasteiger partial charge in [-0.05, 0) is 23.1 Å². The van der Waals surface area contributed by atoms with Crippen LogP contribution in [0.1, 0.15) is 43.5 Å². The second-order valence-corrected chi connectivity index (χ2v) is 8.70. The number of pyridine rings is 1. The first kappa shape index (κ1) is 28.2. The molecule has 0 aliphatic heterocycles. The molecule has 14 heteroatoms. The van der Waals surface area contributed by atoms with Gasteiger partial charge in [-0.2, -0.15) is 4.57 Å². The third-order valence-electron chi connectivity index (χ3n) is 5.45. The van der Waals surface area contributed by atoms with Crippen molar-refractivity contribution in [1.29, 1.82) is 0 Å². The molecule has 0 amide bonds. The predicted molar refractivity (Wildman–Crippen MR) is 122 cm³/mol. The van der Waals surface area contributed by atoms with Gasteiger partial charge in [0.2, 0.25) is 6.04 Å². The maximum absolute atomic E-state index is 11.9. The van der Waals surface area contributed by atoms with Crippen molar-refractivity contribution in [2.75, 3.05) is 0 Å². The van der Waals surface area contributed by atoms with Crippen LogP contribution in [-0.4, -0.2) is 19.7 Å². The van der Waals surface area contributed by atoms with Gasteiger partial charge in [-0.3, -0.25) is 40.5 Å². The number of aromatic nitrogens is 1. The normalized spacial score (nSPS) is 11.0. The molecule has 0 radical (unpaired) electrons. The highest BCUT2D eigenvalue weighted by Gasteiger charge is 2.38. The SMILES string of the molecule is CC(C)(C)c1cc[n+](C(c2ccc([N+](=O)[O-])cc2[N+](=O)[O-])c2ccc([N+](=O)[O-])cc2[N+](=O)[O-])cc1.[I-]. The van der Waals surface area contributed by atoms with Crippen molar-refractivity contribution in [2.45, 2.75) is 32.2 Å². The van der Waals surface area contributed by atoms with Crippen LogP contribution in [0.4, 0.5) is 22.7 Å². The summed E-state index contributed by atoms with van der Waals surface area (Å²) in [5.41, 5.74) is -1.72. The van der Waals surface area contributed by atoms with Crippen molar-refractivity contribution in [3.63, 3.8) is 0 Å². The molecule has 13 nitrogen and oxygen atoms in total. The van der Waals surface area contributed by atoms with Gasteiger partial charge >= 0.3 is 0 Å². The highest BCUT2D eigenvalue weighted by molar-refractivity contribution is 5.57. The summed E-state index contributed by atoms with van der Waals surface area (Å²) in [5.74, 6) is 0. The number of benzene rings is 2. The van der Waals surface area contributed by atoms with Crippen molar-refractivity contribution in [3.8, 4) is 0 Å². The summed E-state index contributed by atoms with van der Waals surface area (Å²) in [5, 5.41) is 46.1. The number of rotatable bonds is 7. The van der Waals surface area contributed by atoms with Crippen LogP contribution in [0.5, 0.6) is 0 Å². The highest BCUT2D eigenvalue weighted by Crippen LogP contribution is 2.37. The molecule has 2 aromatic carbocycles. The van der Waals surface area contributed by atoms with Gasteiger partial charge in [0.25, 0.3) is 22.7 Å². The Morgan fingerprint density at radius 3 is 1.36 bits per heavy atom.